The third kappa shape index (κ3) is 4.01. The van der Waals surface area contributed by atoms with Crippen LogP contribution in [0.1, 0.15) is 21.6 Å². The van der Waals surface area contributed by atoms with Crippen LogP contribution in [0.4, 0.5) is 0 Å². The third-order valence-corrected chi connectivity index (χ3v) is 3.63. The van der Waals surface area contributed by atoms with E-state index in [1.807, 2.05) is 29.0 Å². The Morgan fingerprint density at radius 3 is 2.62 bits per heavy atom. The minimum absolute atomic E-state index is 0.173. The fraction of sp³-hybridized carbons (Fsp3) is 0.158. The second kappa shape index (κ2) is 7.46. The SMILES string of the molecule is O=C(O)c1ccccc1OCCc1cn(Cc2ccccc2)cn1. The Labute approximate surface area is 140 Å². The molecular formula is C19H18N2O3. The van der Waals surface area contributed by atoms with Gasteiger partial charge in [0.1, 0.15) is 11.3 Å². The molecule has 0 amide bonds. The van der Waals surface area contributed by atoms with Crippen LogP contribution >= 0.6 is 0 Å². The molecule has 0 bridgehead atoms. The third-order valence-electron chi connectivity index (χ3n) is 3.63. The maximum atomic E-state index is 11.1. The first-order chi connectivity index (χ1) is 11.7. The largest absolute Gasteiger partial charge is 0.492 e. The van der Waals surface area contributed by atoms with E-state index >= 15 is 0 Å². The molecule has 3 aromatic rings. The van der Waals surface area contributed by atoms with Crippen molar-refractivity contribution in [3.63, 3.8) is 0 Å². The quantitative estimate of drug-likeness (QED) is 0.725. The summed E-state index contributed by atoms with van der Waals surface area (Å²) in [6, 6.07) is 16.8. The average molecular weight is 322 g/mol. The Hall–Kier alpha value is -3.08. The summed E-state index contributed by atoms with van der Waals surface area (Å²) in [6.07, 6.45) is 4.41. The summed E-state index contributed by atoms with van der Waals surface area (Å²) < 4.78 is 7.62. The number of carboxylic acids is 1. The van der Waals surface area contributed by atoms with E-state index < -0.39 is 5.97 Å². The zero-order valence-corrected chi connectivity index (χ0v) is 13.1. The van der Waals surface area contributed by atoms with Gasteiger partial charge in [0.05, 0.1) is 18.6 Å². The molecule has 122 valence electrons. The van der Waals surface area contributed by atoms with Crippen LogP contribution in [0.25, 0.3) is 0 Å². The number of rotatable bonds is 7. The number of imidazole rings is 1. The van der Waals surface area contributed by atoms with Gasteiger partial charge in [-0.2, -0.15) is 0 Å². The number of aromatic nitrogens is 2. The summed E-state index contributed by atoms with van der Waals surface area (Å²) in [6.45, 7) is 1.16. The van der Waals surface area contributed by atoms with Crippen molar-refractivity contribution >= 4 is 5.97 Å². The highest BCUT2D eigenvalue weighted by Gasteiger charge is 2.10. The van der Waals surface area contributed by atoms with Crippen LogP contribution < -0.4 is 4.74 Å². The predicted octanol–water partition coefficient (Wildman–Crippen LogP) is 3.25. The average Bonchev–Trinajstić information content (AvgIpc) is 3.03. The van der Waals surface area contributed by atoms with E-state index in [1.165, 1.54) is 11.6 Å². The van der Waals surface area contributed by atoms with Gasteiger partial charge >= 0.3 is 5.97 Å². The minimum atomic E-state index is -0.988. The van der Waals surface area contributed by atoms with E-state index in [1.54, 1.807) is 24.5 Å². The van der Waals surface area contributed by atoms with Gasteiger partial charge in [0.25, 0.3) is 0 Å². The number of para-hydroxylation sites is 1. The normalized spacial score (nSPS) is 10.5. The molecule has 0 saturated carbocycles. The molecule has 5 heteroatoms. The highest BCUT2D eigenvalue weighted by Crippen LogP contribution is 2.18. The number of carbonyl (C=O) groups is 1. The molecule has 0 aliphatic rings. The van der Waals surface area contributed by atoms with Crippen LogP contribution in [0.5, 0.6) is 5.75 Å². The molecule has 1 heterocycles. The number of hydrogen-bond acceptors (Lipinski definition) is 3. The first-order valence-electron chi connectivity index (χ1n) is 7.72. The van der Waals surface area contributed by atoms with Crippen LogP contribution in [0.2, 0.25) is 0 Å². The van der Waals surface area contributed by atoms with Gasteiger partial charge in [-0.3, -0.25) is 0 Å². The van der Waals surface area contributed by atoms with Crippen LogP contribution in [0, 0.1) is 0 Å². The molecule has 5 nitrogen and oxygen atoms in total. The topological polar surface area (TPSA) is 64.3 Å². The maximum absolute atomic E-state index is 11.1. The van der Waals surface area contributed by atoms with Crippen molar-refractivity contribution in [2.24, 2.45) is 0 Å². The number of ether oxygens (including phenoxy) is 1. The molecule has 3 rings (SSSR count). The van der Waals surface area contributed by atoms with E-state index in [4.69, 9.17) is 9.84 Å². The molecule has 0 atom stereocenters. The van der Waals surface area contributed by atoms with E-state index in [9.17, 15) is 4.79 Å². The first kappa shape index (κ1) is 15.8. The van der Waals surface area contributed by atoms with E-state index in [0.29, 0.717) is 18.8 Å². The summed E-state index contributed by atoms with van der Waals surface area (Å²) in [5.41, 5.74) is 2.30. The lowest BCUT2D eigenvalue weighted by Crippen LogP contribution is -2.06. The van der Waals surface area contributed by atoms with Crippen molar-refractivity contribution in [2.45, 2.75) is 13.0 Å². The van der Waals surface area contributed by atoms with E-state index in [-0.39, 0.29) is 5.56 Å². The molecule has 0 spiro atoms. The lowest BCUT2D eigenvalue weighted by molar-refractivity contribution is 0.0692. The van der Waals surface area contributed by atoms with E-state index in [2.05, 4.69) is 17.1 Å². The Morgan fingerprint density at radius 2 is 1.83 bits per heavy atom. The molecule has 1 aromatic heterocycles. The van der Waals surface area contributed by atoms with Crippen LogP contribution in [-0.4, -0.2) is 27.2 Å². The molecule has 0 saturated heterocycles. The molecule has 2 aromatic carbocycles. The lowest BCUT2D eigenvalue weighted by atomic mass is 10.2. The second-order valence-electron chi connectivity index (χ2n) is 5.42. The molecule has 0 radical (unpaired) electrons. The van der Waals surface area contributed by atoms with Crippen molar-refractivity contribution < 1.29 is 14.6 Å². The smallest absolute Gasteiger partial charge is 0.339 e. The number of nitrogens with zero attached hydrogens (tertiary/aromatic N) is 2. The molecular weight excluding hydrogens is 304 g/mol. The Balaban J connectivity index is 1.56. The zero-order valence-electron chi connectivity index (χ0n) is 13.1. The first-order valence-corrected chi connectivity index (χ1v) is 7.72. The van der Waals surface area contributed by atoms with Gasteiger partial charge in [0.2, 0.25) is 0 Å². The van der Waals surface area contributed by atoms with Gasteiger partial charge in [-0.1, -0.05) is 42.5 Å². The number of hydrogen-bond donors (Lipinski definition) is 1. The van der Waals surface area contributed by atoms with Crippen LogP contribution in [-0.2, 0) is 13.0 Å². The van der Waals surface area contributed by atoms with Crippen LogP contribution in [0.3, 0.4) is 0 Å². The summed E-state index contributed by atoms with van der Waals surface area (Å²) in [5, 5.41) is 9.13. The highest BCUT2D eigenvalue weighted by molar-refractivity contribution is 5.90. The minimum Gasteiger partial charge on any atom is -0.492 e. The van der Waals surface area contributed by atoms with Crippen molar-refractivity contribution in [2.75, 3.05) is 6.61 Å². The monoisotopic (exact) mass is 322 g/mol. The van der Waals surface area contributed by atoms with Crippen molar-refractivity contribution in [1.82, 2.24) is 9.55 Å². The van der Waals surface area contributed by atoms with Gasteiger partial charge in [-0.25, -0.2) is 9.78 Å². The Kier molecular flexibility index (Phi) is 4.91. The van der Waals surface area contributed by atoms with E-state index in [0.717, 1.165) is 12.2 Å². The molecule has 0 fully saturated rings. The Morgan fingerprint density at radius 1 is 1.08 bits per heavy atom. The second-order valence-corrected chi connectivity index (χ2v) is 5.42. The summed E-state index contributed by atoms with van der Waals surface area (Å²) in [4.78, 5) is 15.5. The predicted molar refractivity (Wildman–Crippen MR) is 90.4 cm³/mol. The van der Waals surface area contributed by atoms with Crippen molar-refractivity contribution in [3.05, 3.63) is 83.9 Å². The summed E-state index contributed by atoms with van der Waals surface area (Å²) in [7, 11) is 0. The molecule has 0 aliphatic carbocycles. The maximum Gasteiger partial charge on any atom is 0.339 e. The molecule has 0 unspecified atom stereocenters. The van der Waals surface area contributed by atoms with Crippen molar-refractivity contribution in [1.29, 1.82) is 0 Å². The number of aromatic carboxylic acids is 1. The highest BCUT2D eigenvalue weighted by atomic mass is 16.5. The fourth-order valence-corrected chi connectivity index (χ4v) is 2.45. The lowest BCUT2D eigenvalue weighted by Gasteiger charge is -2.07. The standard InChI is InChI=1S/C19H18N2O3/c22-19(23)17-8-4-5-9-18(17)24-11-10-16-13-21(14-20-16)12-15-6-2-1-3-7-15/h1-9,13-14H,10-12H2,(H,22,23). The molecule has 0 aliphatic heterocycles. The van der Waals surface area contributed by atoms with Gasteiger partial charge in [0.15, 0.2) is 0 Å². The summed E-state index contributed by atoms with van der Waals surface area (Å²) in [5.74, 6) is -0.605. The van der Waals surface area contributed by atoms with Gasteiger partial charge in [0, 0.05) is 19.2 Å². The fourth-order valence-electron chi connectivity index (χ4n) is 2.45. The zero-order chi connectivity index (χ0) is 16.8. The van der Waals surface area contributed by atoms with Crippen molar-refractivity contribution in [3.8, 4) is 5.75 Å². The summed E-state index contributed by atoms with van der Waals surface area (Å²) >= 11 is 0. The van der Waals surface area contributed by atoms with Gasteiger partial charge < -0.3 is 14.4 Å². The molecule has 1 N–H and O–H groups in total. The van der Waals surface area contributed by atoms with Crippen LogP contribution in [0.15, 0.2) is 67.1 Å². The van der Waals surface area contributed by atoms with Gasteiger partial charge in [-0.15, -0.1) is 0 Å². The molecule has 24 heavy (non-hydrogen) atoms. The number of benzene rings is 2. The van der Waals surface area contributed by atoms with Gasteiger partial charge in [-0.05, 0) is 17.7 Å². The number of carboxylic acid groups (broad SMARTS) is 1. The Bertz CT molecular complexity index is 812.